The molecule has 0 spiro atoms. The number of halogens is 3. The number of alkyl halides is 3. The largest absolute Gasteiger partial charge is 0.416 e. The van der Waals surface area contributed by atoms with Crippen LogP contribution in [0.1, 0.15) is 17.2 Å². The van der Waals surface area contributed by atoms with Gasteiger partial charge in [0.2, 0.25) is 0 Å². The van der Waals surface area contributed by atoms with Crippen molar-refractivity contribution in [1.29, 1.82) is 0 Å². The Labute approximate surface area is 96.4 Å². The average Bonchev–Trinajstić information content (AvgIpc) is 2.29. The van der Waals surface area contributed by atoms with Gasteiger partial charge in [0, 0.05) is 24.1 Å². The van der Waals surface area contributed by atoms with E-state index in [2.05, 4.69) is 5.32 Å². The lowest BCUT2D eigenvalue weighted by Crippen LogP contribution is -2.31. The Morgan fingerprint density at radius 2 is 2.00 bits per heavy atom. The Bertz CT molecular complexity index is 358. The van der Waals surface area contributed by atoms with Crippen LogP contribution in [-0.2, 0) is 6.18 Å². The maximum Gasteiger partial charge on any atom is 0.416 e. The van der Waals surface area contributed by atoms with Gasteiger partial charge in [-0.05, 0) is 11.6 Å². The first-order valence-electron chi connectivity index (χ1n) is 5.06. The summed E-state index contributed by atoms with van der Waals surface area (Å²) in [5, 5.41) is 3.13. The van der Waals surface area contributed by atoms with Crippen LogP contribution >= 0.6 is 11.8 Å². The van der Waals surface area contributed by atoms with Gasteiger partial charge in [-0.2, -0.15) is 24.9 Å². The van der Waals surface area contributed by atoms with Crippen molar-refractivity contribution in [3.05, 3.63) is 35.4 Å². The van der Waals surface area contributed by atoms with Crippen molar-refractivity contribution < 1.29 is 13.2 Å². The molecule has 1 N–H and O–H groups in total. The van der Waals surface area contributed by atoms with Crippen molar-refractivity contribution >= 4 is 11.8 Å². The van der Waals surface area contributed by atoms with Crippen molar-refractivity contribution in [2.45, 2.75) is 12.2 Å². The van der Waals surface area contributed by atoms with Gasteiger partial charge in [0.25, 0.3) is 0 Å². The SMILES string of the molecule is FC(F)(F)c1ccccc1C1CSCCN1. The molecule has 1 aromatic rings. The minimum absolute atomic E-state index is 0.184. The summed E-state index contributed by atoms with van der Waals surface area (Å²) < 4.78 is 38.3. The lowest BCUT2D eigenvalue weighted by atomic mass is 10.0. The fraction of sp³-hybridized carbons (Fsp3) is 0.455. The third-order valence-electron chi connectivity index (χ3n) is 2.56. The molecule has 5 heteroatoms. The van der Waals surface area contributed by atoms with Gasteiger partial charge < -0.3 is 5.32 Å². The van der Waals surface area contributed by atoms with Crippen LogP contribution in [-0.4, -0.2) is 18.1 Å². The molecule has 1 aliphatic rings. The molecule has 0 amide bonds. The highest BCUT2D eigenvalue weighted by Crippen LogP contribution is 2.35. The highest BCUT2D eigenvalue weighted by atomic mass is 32.2. The number of hydrogen-bond donors (Lipinski definition) is 1. The molecular weight excluding hydrogens is 235 g/mol. The summed E-state index contributed by atoms with van der Waals surface area (Å²) in [6, 6.07) is 5.62. The Kier molecular flexibility index (Phi) is 3.44. The average molecular weight is 247 g/mol. The van der Waals surface area contributed by atoms with E-state index in [0.717, 1.165) is 18.4 Å². The fourth-order valence-electron chi connectivity index (χ4n) is 1.82. The molecule has 1 saturated heterocycles. The predicted octanol–water partition coefficient (Wildman–Crippen LogP) is 3.08. The van der Waals surface area contributed by atoms with E-state index in [9.17, 15) is 13.2 Å². The van der Waals surface area contributed by atoms with Gasteiger partial charge in [0.1, 0.15) is 0 Å². The summed E-state index contributed by atoms with van der Waals surface area (Å²) in [5.74, 6) is 1.66. The molecule has 0 radical (unpaired) electrons. The van der Waals surface area contributed by atoms with Crippen LogP contribution in [0, 0.1) is 0 Å². The second-order valence-electron chi connectivity index (χ2n) is 3.67. The van der Waals surface area contributed by atoms with E-state index < -0.39 is 11.7 Å². The molecule has 88 valence electrons. The van der Waals surface area contributed by atoms with Crippen molar-refractivity contribution in [2.75, 3.05) is 18.1 Å². The summed E-state index contributed by atoms with van der Waals surface area (Å²) in [4.78, 5) is 0. The first-order valence-corrected chi connectivity index (χ1v) is 6.22. The molecule has 1 aliphatic heterocycles. The van der Waals surface area contributed by atoms with E-state index in [-0.39, 0.29) is 6.04 Å². The van der Waals surface area contributed by atoms with Crippen LogP contribution in [0.3, 0.4) is 0 Å². The molecule has 16 heavy (non-hydrogen) atoms. The van der Waals surface area contributed by atoms with Crippen LogP contribution in [0.4, 0.5) is 13.2 Å². The maximum atomic E-state index is 12.8. The third-order valence-corrected chi connectivity index (χ3v) is 3.63. The number of rotatable bonds is 1. The molecule has 1 atom stereocenters. The lowest BCUT2D eigenvalue weighted by molar-refractivity contribution is -0.138. The van der Waals surface area contributed by atoms with Gasteiger partial charge in [-0.25, -0.2) is 0 Å². The van der Waals surface area contributed by atoms with Gasteiger partial charge in [-0.1, -0.05) is 18.2 Å². The van der Waals surface area contributed by atoms with Crippen molar-refractivity contribution in [3.63, 3.8) is 0 Å². The zero-order valence-corrected chi connectivity index (χ0v) is 9.37. The summed E-state index contributed by atoms with van der Waals surface area (Å²) in [6.07, 6.45) is -4.26. The maximum absolute atomic E-state index is 12.8. The van der Waals surface area contributed by atoms with Gasteiger partial charge in [-0.3, -0.25) is 0 Å². The molecule has 0 aliphatic carbocycles. The van der Waals surface area contributed by atoms with Crippen molar-refractivity contribution in [2.24, 2.45) is 0 Å². The van der Waals surface area contributed by atoms with E-state index in [1.54, 1.807) is 23.9 Å². The first-order chi connectivity index (χ1) is 7.59. The van der Waals surface area contributed by atoms with Crippen LogP contribution < -0.4 is 5.32 Å². The van der Waals surface area contributed by atoms with E-state index >= 15 is 0 Å². The van der Waals surface area contributed by atoms with E-state index in [1.165, 1.54) is 6.07 Å². The standard InChI is InChI=1S/C11H12F3NS/c12-11(13,14)9-4-2-1-3-8(9)10-7-16-6-5-15-10/h1-4,10,15H,5-7H2. The smallest absolute Gasteiger partial charge is 0.308 e. The Balaban J connectivity index is 2.32. The topological polar surface area (TPSA) is 12.0 Å². The molecule has 1 nitrogen and oxygen atoms in total. The zero-order valence-electron chi connectivity index (χ0n) is 8.55. The van der Waals surface area contributed by atoms with E-state index in [0.29, 0.717) is 11.3 Å². The van der Waals surface area contributed by atoms with Crippen molar-refractivity contribution in [1.82, 2.24) is 5.32 Å². The molecule has 0 aromatic heterocycles. The molecular formula is C11H12F3NS. The quantitative estimate of drug-likeness (QED) is 0.818. The van der Waals surface area contributed by atoms with Gasteiger partial charge >= 0.3 is 6.18 Å². The number of thioether (sulfide) groups is 1. The number of nitrogens with one attached hydrogen (secondary N) is 1. The Morgan fingerprint density at radius 1 is 1.25 bits per heavy atom. The summed E-state index contributed by atoms with van der Waals surface area (Å²) >= 11 is 1.69. The summed E-state index contributed by atoms with van der Waals surface area (Å²) in [6.45, 7) is 0.765. The first kappa shape index (κ1) is 11.8. The monoisotopic (exact) mass is 247 g/mol. The molecule has 1 unspecified atom stereocenters. The second kappa shape index (κ2) is 4.67. The van der Waals surface area contributed by atoms with Gasteiger partial charge in [-0.15, -0.1) is 0 Å². The highest BCUT2D eigenvalue weighted by Gasteiger charge is 2.35. The molecule has 0 saturated carbocycles. The van der Waals surface area contributed by atoms with Crippen molar-refractivity contribution in [3.8, 4) is 0 Å². The number of hydrogen-bond acceptors (Lipinski definition) is 2. The Hall–Kier alpha value is -0.680. The summed E-state index contributed by atoms with van der Waals surface area (Å²) in [7, 11) is 0. The minimum atomic E-state index is -4.26. The number of benzene rings is 1. The molecule has 1 fully saturated rings. The van der Waals surface area contributed by atoms with Crippen LogP contribution in [0.2, 0.25) is 0 Å². The predicted molar refractivity (Wildman–Crippen MR) is 59.5 cm³/mol. The molecule has 0 bridgehead atoms. The molecule has 1 heterocycles. The van der Waals surface area contributed by atoms with E-state index in [4.69, 9.17) is 0 Å². The molecule has 1 aromatic carbocycles. The van der Waals surface area contributed by atoms with Gasteiger partial charge in [0.05, 0.1) is 5.56 Å². The Morgan fingerprint density at radius 3 is 2.62 bits per heavy atom. The lowest BCUT2D eigenvalue weighted by Gasteiger charge is -2.26. The van der Waals surface area contributed by atoms with Gasteiger partial charge in [0.15, 0.2) is 0 Å². The normalized spacial score (nSPS) is 22.1. The fourth-order valence-corrected chi connectivity index (χ4v) is 2.79. The van der Waals surface area contributed by atoms with Crippen LogP contribution in [0.25, 0.3) is 0 Å². The minimum Gasteiger partial charge on any atom is -0.308 e. The van der Waals surface area contributed by atoms with Crippen LogP contribution in [0.15, 0.2) is 24.3 Å². The van der Waals surface area contributed by atoms with Crippen LogP contribution in [0.5, 0.6) is 0 Å². The molecule has 2 rings (SSSR count). The highest BCUT2D eigenvalue weighted by molar-refractivity contribution is 7.99. The van der Waals surface area contributed by atoms with E-state index in [1.807, 2.05) is 0 Å². The third kappa shape index (κ3) is 2.52. The zero-order chi connectivity index (χ0) is 11.6. The second-order valence-corrected chi connectivity index (χ2v) is 4.82. The summed E-state index contributed by atoms with van der Waals surface area (Å²) in [5.41, 5.74) is -0.155.